The summed E-state index contributed by atoms with van der Waals surface area (Å²) in [4.78, 5) is 11.0. The maximum absolute atomic E-state index is 11.9. The maximum atomic E-state index is 11.9. The highest BCUT2D eigenvalue weighted by atomic mass is 32.2. The van der Waals surface area contributed by atoms with E-state index >= 15 is 0 Å². The van der Waals surface area contributed by atoms with Crippen molar-refractivity contribution in [1.29, 1.82) is 5.26 Å². The van der Waals surface area contributed by atoms with E-state index in [-0.39, 0.29) is 16.3 Å². The van der Waals surface area contributed by atoms with Gasteiger partial charge in [0.1, 0.15) is 23.0 Å². The van der Waals surface area contributed by atoms with Gasteiger partial charge < -0.3 is 0 Å². The minimum atomic E-state index is -3.74. The highest BCUT2D eigenvalue weighted by Gasteiger charge is 2.14. The van der Waals surface area contributed by atoms with Crippen LogP contribution in [0, 0.1) is 11.3 Å². The zero-order valence-corrected chi connectivity index (χ0v) is 9.79. The van der Waals surface area contributed by atoms with Crippen molar-refractivity contribution in [2.75, 3.05) is 4.72 Å². The predicted molar refractivity (Wildman–Crippen MR) is 61.8 cm³/mol. The van der Waals surface area contributed by atoms with Gasteiger partial charge in [-0.15, -0.1) is 0 Å². The van der Waals surface area contributed by atoms with Gasteiger partial charge in [-0.1, -0.05) is 0 Å². The summed E-state index contributed by atoms with van der Waals surface area (Å²) in [5.41, 5.74) is 0.402. The summed E-state index contributed by atoms with van der Waals surface area (Å²) in [6, 6.07) is 4.44. The molecule has 0 bridgehead atoms. The van der Waals surface area contributed by atoms with Gasteiger partial charge in [0, 0.05) is 6.20 Å². The lowest BCUT2D eigenvalue weighted by atomic mass is 10.4. The second-order valence-corrected chi connectivity index (χ2v) is 4.91. The van der Waals surface area contributed by atoms with Gasteiger partial charge in [0.2, 0.25) is 0 Å². The van der Waals surface area contributed by atoms with Crippen LogP contribution in [0.3, 0.4) is 0 Å². The topological polar surface area (TPSA) is 109 Å². The van der Waals surface area contributed by atoms with Gasteiger partial charge in [0.15, 0.2) is 0 Å². The standard InChI is InChI=1S/C10H7N5O2S/c11-3-8-1-2-10(6-14-8)18(16,17)15-9-4-12-7-13-5-9/h1-2,4-7,15H. The van der Waals surface area contributed by atoms with Crippen molar-refractivity contribution in [1.82, 2.24) is 15.0 Å². The van der Waals surface area contributed by atoms with Gasteiger partial charge in [-0.3, -0.25) is 4.72 Å². The van der Waals surface area contributed by atoms with E-state index in [1.165, 1.54) is 30.9 Å². The summed E-state index contributed by atoms with van der Waals surface area (Å²) in [6.07, 6.45) is 5.08. The highest BCUT2D eigenvalue weighted by Crippen LogP contribution is 2.13. The molecule has 2 rings (SSSR count). The minimum absolute atomic E-state index is 0.0367. The molecule has 0 fully saturated rings. The molecule has 0 unspecified atom stereocenters. The number of nitrogens with one attached hydrogen (secondary N) is 1. The Hall–Kier alpha value is -2.53. The summed E-state index contributed by atoms with van der Waals surface area (Å²) >= 11 is 0. The van der Waals surface area contributed by atoms with Crippen LogP contribution in [0.5, 0.6) is 0 Å². The van der Waals surface area contributed by atoms with Crippen LogP contribution in [0.25, 0.3) is 0 Å². The number of sulfonamides is 1. The fraction of sp³-hybridized carbons (Fsp3) is 0. The molecule has 2 aromatic rings. The van der Waals surface area contributed by atoms with Crippen LogP contribution in [-0.4, -0.2) is 23.4 Å². The summed E-state index contributed by atoms with van der Waals surface area (Å²) in [5.74, 6) is 0. The van der Waals surface area contributed by atoms with Crippen molar-refractivity contribution in [2.45, 2.75) is 4.90 Å². The summed E-state index contributed by atoms with van der Waals surface area (Å²) in [7, 11) is -3.74. The van der Waals surface area contributed by atoms with Crippen molar-refractivity contribution in [3.8, 4) is 6.07 Å². The number of nitriles is 1. The molecule has 2 aromatic heterocycles. The summed E-state index contributed by atoms with van der Waals surface area (Å²) in [6.45, 7) is 0. The fourth-order valence-corrected chi connectivity index (χ4v) is 2.14. The van der Waals surface area contributed by atoms with E-state index in [0.29, 0.717) is 0 Å². The van der Waals surface area contributed by atoms with E-state index in [2.05, 4.69) is 19.7 Å². The van der Waals surface area contributed by atoms with Crippen molar-refractivity contribution >= 4 is 15.7 Å². The van der Waals surface area contributed by atoms with Crippen LogP contribution in [0.4, 0.5) is 5.69 Å². The molecule has 2 heterocycles. The van der Waals surface area contributed by atoms with E-state index in [0.717, 1.165) is 6.20 Å². The predicted octanol–water partition coefficient (Wildman–Crippen LogP) is 0.544. The first-order valence-electron chi connectivity index (χ1n) is 4.76. The van der Waals surface area contributed by atoms with Crippen LogP contribution in [0.15, 0.2) is 41.9 Å². The quantitative estimate of drug-likeness (QED) is 0.863. The molecule has 0 atom stereocenters. The lowest BCUT2D eigenvalue weighted by molar-refractivity contribution is 0.600. The lowest BCUT2D eigenvalue weighted by Crippen LogP contribution is -2.13. The second kappa shape index (κ2) is 4.77. The Labute approximate surface area is 103 Å². The monoisotopic (exact) mass is 261 g/mol. The highest BCUT2D eigenvalue weighted by molar-refractivity contribution is 7.92. The average molecular weight is 261 g/mol. The van der Waals surface area contributed by atoms with Crippen LogP contribution < -0.4 is 4.72 Å². The Bertz CT molecular complexity index is 676. The molecule has 0 amide bonds. The third kappa shape index (κ3) is 2.58. The Balaban J connectivity index is 2.29. The fourth-order valence-electron chi connectivity index (χ4n) is 1.17. The molecule has 90 valence electrons. The largest absolute Gasteiger partial charge is 0.276 e. The second-order valence-electron chi connectivity index (χ2n) is 3.22. The Morgan fingerprint density at radius 3 is 2.44 bits per heavy atom. The first-order chi connectivity index (χ1) is 8.62. The SMILES string of the molecule is N#Cc1ccc(S(=O)(=O)Nc2cncnc2)cn1. The van der Waals surface area contributed by atoms with E-state index in [1.54, 1.807) is 0 Å². The number of hydrogen-bond donors (Lipinski definition) is 1. The van der Waals surface area contributed by atoms with Crippen molar-refractivity contribution < 1.29 is 8.42 Å². The van der Waals surface area contributed by atoms with Crippen LogP contribution in [0.2, 0.25) is 0 Å². The molecule has 0 aromatic carbocycles. The third-order valence-corrected chi connectivity index (χ3v) is 3.34. The van der Waals surface area contributed by atoms with Gasteiger partial charge in [-0.2, -0.15) is 5.26 Å². The van der Waals surface area contributed by atoms with Crippen molar-refractivity contribution in [2.24, 2.45) is 0 Å². The molecule has 8 heteroatoms. The number of nitrogens with zero attached hydrogens (tertiary/aromatic N) is 4. The molecule has 7 nitrogen and oxygen atoms in total. The van der Waals surface area contributed by atoms with Gasteiger partial charge >= 0.3 is 0 Å². The molecule has 0 aliphatic rings. The first-order valence-corrected chi connectivity index (χ1v) is 6.24. The molecule has 1 N–H and O–H groups in total. The van der Waals surface area contributed by atoms with Gasteiger partial charge in [-0.25, -0.2) is 23.4 Å². The number of hydrogen-bond acceptors (Lipinski definition) is 6. The third-order valence-electron chi connectivity index (χ3n) is 1.97. The van der Waals surface area contributed by atoms with Crippen LogP contribution in [-0.2, 0) is 10.0 Å². The normalized spacial score (nSPS) is 10.6. The summed E-state index contributed by atoms with van der Waals surface area (Å²) in [5, 5.41) is 8.57. The van der Waals surface area contributed by atoms with Crippen molar-refractivity contribution in [3.63, 3.8) is 0 Å². The Kier molecular flexibility index (Phi) is 3.16. The molecule has 0 saturated heterocycles. The molecule has 0 saturated carbocycles. The van der Waals surface area contributed by atoms with E-state index < -0.39 is 10.0 Å². The van der Waals surface area contributed by atoms with Gasteiger partial charge in [-0.05, 0) is 12.1 Å². The minimum Gasteiger partial charge on any atom is -0.276 e. The number of pyridine rings is 1. The van der Waals surface area contributed by atoms with E-state index in [4.69, 9.17) is 5.26 Å². The molecule has 0 aliphatic heterocycles. The number of anilines is 1. The Morgan fingerprint density at radius 2 is 1.89 bits per heavy atom. The number of rotatable bonds is 3. The van der Waals surface area contributed by atoms with Crippen LogP contribution in [0.1, 0.15) is 5.69 Å². The molecular formula is C10H7N5O2S. The maximum Gasteiger partial charge on any atom is 0.263 e. The molecule has 0 aliphatic carbocycles. The lowest BCUT2D eigenvalue weighted by Gasteiger charge is -2.06. The van der Waals surface area contributed by atoms with Crippen molar-refractivity contribution in [3.05, 3.63) is 42.7 Å². The summed E-state index contributed by atoms with van der Waals surface area (Å²) < 4.78 is 26.1. The molecule has 0 spiro atoms. The first kappa shape index (κ1) is 11.9. The molecule has 18 heavy (non-hydrogen) atoms. The zero-order valence-electron chi connectivity index (χ0n) is 8.98. The average Bonchev–Trinajstić information content (AvgIpc) is 2.39. The molecule has 0 radical (unpaired) electrons. The number of aromatic nitrogens is 3. The van der Waals surface area contributed by atoms with Gasteiger partial charge in [0.25, 0.3) is 10.0 Å². The van der Waals surface area contributed by atoms with E-state index in [1.807, 2.05) is 6.07 Å². The Morgan fingerprint density at radius 1 is 1.17 bits per heavy atom. The van der Waals surface area contributed by atoms with Gasteiger partial charge in [0.05, 0.1) is 18.1 Å². The van der Waals surface area contributed by atoms with Crippen LogP contribution >= 0.6 is 0 Å². The van der Waals surface area contributed by atoms with E-state index in [9.17, 15) is 8.42 Å². The smallest absolute Gasteiger partial charge is 0.263 e. The molecular weight excluding hydrogens is 254 g/mol. The zero-order chi connectivity index (χ0) is 13.0.